The molecule has 0 spiro atoms. The molecule has 0 unspecified atom stereocenters. The van der Waals surface area contributed by atoms with Crippen LogP contribution in [0.25, 0.3) is 0 Å². The molecule has 26 heavy (non-hydrogen) atoms. The van der Waals surface area contributed by atoms with Gasteiger partial charge in [-0.25, -0.2) is 9.97 Å². The first-order valence-corrected chi connectivity index (χ1v) is 8.62. The Balaban J connectivity index is 1.58. The zero-order valence-corrected chi connectivity index (χ0v) is 14.8. The third-order valence-electron chi connectivity index (χ3n) is 4.02. The second-order valence-electron chi connectivity index (χ2n) is 6.07. The van der Waals surface area contributed by atoms with Crippen LogP contribution >= 0.6 is 0 Å². The van der Waals surface area contributed by atoms with Crippen molar-refractivity contribution in [3.8, 4) is 0 Å². The number of carbonyl (C=O) groups is 1. The Hall–Kier alpha value is -3.21. The van der Waals surface area contributed by atoms with Crippen LogP contribution in [0.1, 0.15) is 21.6 Å². The molecule has 1 aromatic heterocycles. The van der Waals surface area contributed by atoms with Gasteiger partial charge in [0.25, 0.3) is 5.91 Å². The second-order valence-corrected chi connectivity index (χ2v) is 6.07. The van der Waals surface area contributed by atoms with Gasteiger partial charge in [0.2, 0.25) is 5.95 Å². The highest BCUT2D eigenvalue weighted by Crippen LogP contribution is 2.08. The molecule has 0 radical (unpaired) electrons. The molecule has 0 atom stereocenters. The Morgan fingerprint density at radius 1 is 0.962 bits per heavy atom. The van der Waals surface area contributed by atoms with Crippen LogP contribution in [0.2, 0.25) is 0 Å². The minimum absolute atomic E-state index is 0.123. The Kier molecular flexibility index (Phi) is 5.93. The molecule has 0 saturated heterocycles. The average Bonchev–Trinajstić information content (AvgIpc) is 2.69. The fourth-order valence-electron chi connectivity index (χ4n) is 2.65. The van der Waals surface area contributed by atoms with E-state index in [4.69, 9.17) is 0 Å². The molecule has 1 amide bonds. The zero-order chi connectivity index (χ0) is 18.2. The van der Waals surface area contributed by atoms with Crippen molar-refractivity contribution in [3.05, 3.63) is 89.7 Å². The number of hydrogen-bond donors (Lipinski definition) is 1. The molecule has 3 rings (SSSR count). The maximum Gasteiger partial charge on any atom is 0.272 e. The second kappa shape index (κ2) is 8.76. The third-order valence-corrected chi connectivity index (χ3v) is 4.02. The molecule has 0 fully saturated rings. The molecule has 0 saturated carbocycles. The molecule has 5 heteroatoms. The molecule has 0 aliphatic heterocycles. The first-order valence-electron chi connectivity index (χ1n) is 8.62. The van der Waals surface area contributed by atoms with E-state index in [1.54, 1.807) is 24.2 Å². The van der Waals surface area contributed by atoms with Gasteiger partial charge in [-0.2, -0.15) is 0 Å². The molecule has 0 bridgehead atoms. The van der Waals surface area contributed by atoms with Gasteiger partial charge in [0.05, 0.1) is 0 Å². The topological polar surface area (TPSA) is 58.1 Å². The quantitative estimate of drug-likeness (QED) is 0.712. The normalized spacial score (nSPS) is 10.3. The van der Waals surface area contributed by atoms with E-state index in [0.29, 0.717) is 24.7 Å². The van der Waals surface area contributed by atoms with Gasteiger partial charge in [-0.05, 0) is 23.6 Å². The Morgan fingerprint density at radius 3 is 2.31 bits per heavy atom. The van der Waals surface area contributed by atoms with E-state index >= 15 is 0 Å². The Labute approximate surface area is 153 Å². The van der Waals surface area contributed by atoms with E-state index in [-0.39, 0.29) is 5.91 Å². The maximum atomic E-state index is 12.6. The predicted octanol–water partition coefficient (Wildman–Crippen LogP) is 3.40. The first kappa shape index (κ1) is 17.6. The molecule has 3 aromatic rings. The van der Waals surface area contributed by atoms with Crippen molar-refractivity contribution in [2.75, 3.05) is 18.9 Å². The van der Waals surface area contributed by atoms with Gasteiger partial charge in [-0.15, -0.1) is 0 Å². The van der Waals surface area contributed by atoms with E-state index in [9.17, 15) is 4.79 Å². The Morgan fingerprint density at radius 2 is 1.62 bits per heavy atom. The lowest BCUT2D eigenvalue weighted by atomic mass is 10.1. The molecule has 0 aliphatic carbocycles. The summed E-state index contributed by atoms with van der Waals surface area (Å²) >= 11 is 0. The number of nitrogens with one attached hydrogen (secondary N) is 1. The summed E-state index contributed by atoms with van der Waals surface area (Å²) < 4.78 is 0. The molecular formula is C21H22N4O. The lowest BCUT2D eigenvalue weighted by Gasteiger charge is -2.17. The fraction of sp³-hybridized carbons (Fsp3) is 0.190. The summed E-state index contributed by atoms with van der Waals surface area (Å²) in [5.41, 5.74) is 2.72. The maximum absolute atomic E-state index is 12.6. The van der Waals surface area contributed by atoms with Crippen LogP contribution in [-0.4, -0.2) is 34.4 Å². The summed E-state index contributed by atoms with van der Waals surface area (Å²) in [7, 11) is 1.78. The van der Waals surface area contributed by atoms with E-state index in [1.165, 1.54) is 5.56 Å². The van der Waals surface area contributed by atoms with Gasteiger partial charge in [0, 0.05) is 26.3 Å². The van der Waals surface area contributed by atoms with Gasteiger partial charge >= 0.3 is 0 Å². The molecule has 1 N–H and O–H groups in total. The summed E-state index contributed by atoms with van der Waals surface area (Å²) in [6, 6.07) is 21.8. The van der Waals surface area contributed by atoms with Crippen molar-refractivity contribution in [1.82, 2.24) is 14.9 Å². The highest BCUT2D eigenvalue weighted by molar-refractivity contribution is 5.92. The summed E-state index contributed by atoms with van der Waals surface area (Å²) in [6.45, 7) is 1.25. The number of amides is 1. The minimum atomic E-state index is -0.123. The average molecular weight is 346 g/mol. The van der Waals surface area contributed by atoms with Crippen LogP contribution in [-0.2, 0) is 13.0 Å². The van der Waals surface area contributed by atoms with Crippen LogP contribution < -0.4 is 5.32 Å². The van der Waals surface area contributed by atoms with E-state index in [1.807, 2.05) is 48.5 Å². The predicted molar refractivity (Wildman–Crippen MR) is 103 cm³/mol. The smallest absolute Gasteiger partial charge is 0.272 e. The van der Waals surface area contributed by atoms with Crippen LogP contribution in [0.5, 0.6) is 0 Å². The van der Waals surface area contributed by atoms with Crippen molar-refractivity contribution < 1.29 is 4.79 Å². The zero-order valence-electron chi connectivity index (χ0n) is 14.8. The van der Waals surface area contributed by atoms with Crippen LogP contribution in [0.3, 0.4) is 0 Å². The minimum Gasteiger partial charge on any atom is -0.354 e. The number of carbonyl (C=O) groups excluding carboxylic acids is 1. The van der Waals surface area contributed by atoms with Gasteiger partial charge in [-0.1, -0.05) is 60.7 Å². The van der Waals surface area contributed by atoms with Crippen molar-refractivity contribution in [3.63, 3.8) is 0 Å². The van der Waals surface area contributed by atoms with Crippen molar-refractivity contribution in [2.45, 2.75) is 13.0 Å². The number of aromatic nitrogens is 2. The standard InChI is InChI=1S/C21H22N4O/c1-25(16-18-10-6-3-7-11-18)20(26)19-13-15-23-21(24-19)22-14-12-17-8-4-2-5-9-17/h2-11,13,15H,12,14,16H2,1H3,(H,22,23,24). The number of rotatable bonds is 7. The van der Waals surface area contributed by atoms with Crippen LogP contribution in [0.15, 0.2) is 72.9 Å². The number of anilines is 1. The van der Waals surface area contributed by atoms with Crippen molar-refractivity contribution in [1.29, 1.82) is 0 Å². The number of benzene rings is 2. The van der Waals surface area contributed by atoms with E-state index < -0.39 is 0 Å². The molecule has 5 nitrogen and oxygen atoms in total. The summed E-state index contributed by atoms with van der Waals surface area (Å²) in [4.78, 5) is 22.8. The molecule has 0 aliphatic rings. The molecule has 2 aromatic carbocycles. The largest absolute Gasteiger partial charge is 0.354 e. The van der Waals surface area contributed by atoms with E-state index in [0.717, 1.165) is 12.0 Å². The number of nitrogens with zero attached hydrogens (tertiary/aromatic N) is 3. The lowest BCUT2D eigenvalue weighted by Crippen LogP contribution is -2.27. The lowest BCUT2D eigenvalue weighted by molar-refractivity contribution is 0.0779. The van der Waals surface area contributed by atoms with Crippen molar-refractivity contribution in [2.24, 2.45) is 0 Å². The monoisotopic (exact) mass is 346 g/mol. The summed E-state index contributed by atoms with van der Waals surface area (Å²) in [6.07, 6.45) is 2.48. The van der Waals surface area contributed by atoms with Gasteiger partial charge < -0.3 is 10.2 Å². The van der Waals surface area contributed by atoms with E-state index in [2.05, 4.69) is 27.4 Å². The molecule has 1 heterocycles. The van der Waals surface area contributed by atoms with Gasteiger partial charge in [0.1, 0.15) is 5.69 Å². The highest BCUT2D eigenvalue weighted by Gasteiger charge is 2.14. The van der Waals surface area contributed by atoms with Gasteiger partial charge in [-0.3, -0.25) is 4.79 Å². The van der Waals surface area contributed by atoms with Crippen LogP contribution in [0.4, 0.5) is 5.95 Å². The first-order chi connectivity index (χ1) is 12.7. The molecule has 132 valence electrons. The fourth-order valence-corrected chi connectivity index (χ4v) is 2.65. The molecular weight excluding hydrogens is 324 g/mol. The SMILES string of the molecule is CN(Cc1ccccc1)C(=O)c1ccnc(NCCc2ccccc2)n1. The third kappa shape index (κ3) is 4.89. The number of hydrogen-bond acceptors (Lipinski definition) is 4. The summed E-state index contributed by atoms with van der Waals surface area (Å²) in [5, 5.41) is 3.18. The van der Waals surface area contributed by atoms with Crippen LogP contribution in [0, 0.1) is 0 Å². The summed E-state index contributed by atoms with van der Waals surface area (Å²) in [5.74, 6) is 0.349. The highest BCUT2D eigenvalue weighted by atomic mass is 16.2. The van der Waals surface area contributed by atoms with Gasteiger partial charge in [0.15, 0.2) is 0 Å². The Bertz CT molecular complexity index is 837. The van der Waals surface area contributed by atoms with Crippen molar-refractivity contribution >= 4 is 11.9 Å².